The number of hydrogen-bond donors (Lipinski definition) is 2. The molecule has 0 radical (unpaired) electrons. The molecule has 0 aliphatic carbocycles. The molecule has 0 spiro atoms. The molecule has 0 aliphatic rings. The van der Waals surface area contributed by atoms with E-state index in [9.17, 15) is 9.59 Å². The molecule has 28 heavy (non-hydrogen) atoms. The number of aryl methyl sites for hydroxylation is 1. The number of halogens is 3. The van der Waals surface area contributed by atoms with E-state index < -0.39 is 18.5 Å². The molecular formula is C20H17Cl3N2O3. The SMILES string of the molecule is O=C(COC(=O)CCCc1c[nH]c2ccccc12)Nc1cc(Cl)c(Cl)cc1Cl. The summed E-state index contributed by atoms with van der Waals surface area (Å²) in [5.74, 6) is -0.944. The van der Waals surface area contributed by atoms with E-state index in [1.54, 1.807) is 0 Å². The minimum atomic E-state index is -0.509. The van der Waals surface area contributed by atoms with Gasteiger partial charge in [0, 0.05) is 23.5 Å². The molecule has 5 nitrogen and oxygen atoms in total. The summed E-state index contributed by atoms with van der Waals surface area (Å²) in [4.78, 5) is 27.0. The second-order valence-electron chi connectivity index (χ2n) is 6.17. The predicted molar refractivity (Wildman–Crippen MR) is 112 cm³/mol. The first-order chi connectivity index (χ1) is 13.4. The maximum absolute atomic E-state index is 11.9. The van der Waals surface area contributed by atoms with Crippen molar-refractivity contribution in [1.29, 1.82) is 0 Å². The summed E-state index contributed by atoms with van der Waals surface area (Å²) in [7, 11) is 0. The van der Waals surface area contributed by atoms with Gasteiger partial charge in [-0.2, -0.15) is 0 Å². The van der Waals surface area contributed by atoms with Gasteiger partial charge in [-0.25, -0.2) is 0 Å². The van der Waals surface area contributed by atoms with Gasteiger partial charge in [0.15, 0.2) is 6.61 Å². The average Bonchev–Trinajstić information content (AvgIpc) is 3.08. The summed E-state index contributed by atoms with van der Waals surface area (Å²) in [6.07, 6.45) is 3.54. The molecule has 2 aromatic carbocycles. The van der Waals surface area contributed by atoms with Gasteiger partial charge in [0.1, 0.15) is 0 Å². The van der Waals surface area contributed by atoms with Crippen molar-refractivity contribution in [3.63, 3.8) is 0 Å². The third-order valence-electron chi connectivity index (χ3n) is 4.15. The molecule has 3 rings (SSSR count). The van der Waals surface area contributed by atoms with Crippen LogP contribution in [0.4, 0.5) is 5.69 Å². The van der Waals surface area contributed by atoms with Crippen LogP contribution < -0.4 is 5.32 Å². The molecule has 0 atom stereocenters. The van der Waals surface area contributed by atoms with Crippen molar-refractivity contribution < 1.29 is 14.3 Å². The number of rotatable bonds is 7. The predicted octanol–water partition coefficient (Wildman–Crippen LogP) is 5.63. The fourth-order valence-electron chi connectivity index (χ4n) is 2.78. The number of aromatic nitrogens is 1. The molecule has 0 bridgehead atoms. The normalized spacial score (nSPS) is 10.8. The van der Waals surface area contributed by atoms with Gasteiger partial charge >= 0.3 is 5.97 Å². The summed E-state index contributed by atoms with van der Waals surface area (Å²) < 4.78 is 5.02. The molecule has 2 N–H and O–H groups in total. The molecule has 0 saturated carbocycles. The highest BCUT2D eigenvalue weighted by atomic mass is 35.5. The lowest BCUT2D eigenvalue weighted by Crippen LogP contribution is -2.21. The van der Waals surface area contributed by atoms with Crippen molar-refractivity contribution in [2.45, 2.75) is 19.3 Å². The number of carbonyl (C=O) groups excluding carboxylic acids is 2. The molecule has 0 saturated heterocycles. The van der Waals surface area contributed by atoms with Crippen molar-refractivity contribution in [3.8, 4) is 0 Å². The van der Waals surface area contributed by atoms with Crippen LogP contribution in [0.25, 0.3) is 10.9 Å². The molecule has 0 unspecified atom stereocenters. The van der Waals surface area contributed by atoms with Gasteiger partial charge in [-0.3, -0.25) is 9.59 Å². The lowest BCUT2D eigenvalue weighted by atomic mass is 10.1. The van der Waals surface area contributed by atoms with Crippen LogP contribution >= 0.6 is 34.8 Å². The second-order valence-corrected chi connectivity index (χ2v) is 7.39. The number of H-pyrrole nitrogens is 1. The van der Waals surface area contributed by atoms with Gasteiger partial charge in [-0.1, -0.05) is 53.0 Å². The Morgan fingerprint density at radius 3 is 2.61 bits per heavy atom. The highest BCUT2D eigenvalue weighted by molar-refractivity contribution is 6.44. The van der Waals surface area contributed by atoms with E-state index in [1.165, 1.54) is 12.1 Å². The maximum Gasteiger partial charge on any atom is 0.306 e. The molecule has 0 aliphatic heterocycles. The Hall–Kier alpha value is -2.21. The monoisotopic (exact) mass is 438 g/mol. The highest BCUT2D eigenvalue weighted by Gasteiger charge is 2.12. The summed E-state index contributed by atoms with van der Waals surface area (Å²) >= 11 is 17.7. The number of ether oxygens (including phenoxy) is 1. The Morgan fingerprint density at radius 1 is 1.04 bits per heavy atom. The average molecular weight is 440 g/mol. The number of esters is 1. The quantitative estimate of drug-likeness (QED) is 0.370. The van der Waals surface area contributed by atoms with Gasteiger partial charge in [-0.05, 0) is 36.6 Å². The highest BCUT2D eigenvalue weighted by Crippen LogP contribution is 2.32. The zero-order valence-corrected chi connectivity index (χ0v) is 17.0. The number of carbonyl (C=O) groups is 2. The van der Waals surface area contributed by atoms with Crippen LogP contribution in [0.5, 0.6) is 0 Å². The molecule has 1 heterocycles. The number of para-hydroxylation sites is 1. The molecule has 0 fully saturated rings. The van der Waals surface area contributed by atoms with Crippen LogP contribution in [0.15, 0.2) is 42.6 Å². The zero-order chi connectivity index (χ0) is 20.1. The number of hydrogen-bond acceptors (Lipinski definition) is 3. The molecule has 1 aromatic heterocycles. The Labute approximate surface area is 176 Å². The summed E-state index contributed by atoms with van der Waals surface area (Å²) in [6, 6.07) is 10.9. The summed E-state index contributed by atoms with van der Waals surface area (Å²) in [5.41, 5.74) is 2.52. The third kappa shape index (κ3) is 5.19. The molecule has 8 heteroatoms. The second kappa shape index (κ2) is 9.32. The van der Waals surface area contributed by atoms with Crippen LogP contribution in [-0.4, -0.2) is 23.5 Å². The summed E-state index contributed by atoms with van der Waals surface area (Å²) in [5, 5.41) is 4.47. The van der Waals surface area contributed by atoms with Gasteiger partial charge in [-0.15, -0.1) is 0 Å². The molecular weight excluding hydrogens is 423 g/mol. The molecule has 3 aromatic rings. The largest absolute Gasteiger partial charge is 0.456 e. The zero-order valence-electron chi connectivity index (χ0n) is 14.7. The van der Waals surface area contributed by atoms with Crippen LogP contribution in [0.3, 0.4) is 0 Å². The van der Waals surface area contributed by atoms with Crippen molar-refractivity contribution in [2.75, 3.05) is 11.9 Å². The van der Waals surface area contributed by atoms with E-state index in [0.717, 1.165) is 22.9 Å². The van der Waals surface area contributed by atoms with Crippen molar-refractivity contribution in [2.24, 2.45) is 0 Å². The van der Waals surface area contributed by atoms with E-state index >= 15 is 0 Å². The fraction of sp³-hybridized carbons (Fsp3) is 0.200. The Kier molecular flexibility index (Phi) is 6.83. The van der Waals surface area contributed by atoms with Crippen LogP contribution in [0.1, 0.15) is 18.4 Å². The maximum atomic E-state index is 11.9. The van der Waals surface area contributed by atoms with Gasteiger partial charge in [0.2, 0.25) is 0 Å². The number of amides is 1. The van der Waals surface area contributed by atoms with Gasteiger partial charge < -0.3 is 15.0 Å². The van der Waals surface area contributed by atoms with Crippen molar-refractivity contribution in [3.05, 3.63) is 63.2 Å². The number of fused-ring (bicyclic) bond motifs is 1. The minimum absolute atomic E-state index is 0.223. The van der Waals surface area contributed by atoms with E-state index in [-0.39, 0.29) is 21.5 Å². The fourth-order valence-corrected chi connectivity index (χ4v) is 3.38. The smallest absolute Gasteiger partial charge is 0.306 e. The molecule has 146 valence electrons. The first-order valence-electron chi connectivity index (χ1n) is 8.59. The van der Waals surface area contributed by atoms with E-state index in [1.807, 2.05) is 30.5 Å². The Morgan fingerprint density at radius 2 is 1.79 bits per heavy atom. The Balaban J connectivity index is 1.43. The van der Waals surface area contributed by atoms with Crippen LogP contribution in [-0.2, 0) is 20.7 Å². The first kappa shape index (κ1) is 20.5. The lowest BCUT2D eigenvalue weighted by Gasteiger charge is -2.09. The third-order valence-corrected chi connectivity index (χ3v) is 5.19. The Bertz CT molecular complexity index is 1020. The number of anilines is 1. The minimum Gasteiger partial charge on any atom is -0.456 e. The number of aromatic amines is 1. The van der Waals surface area contributed by atoms with E-state index in [2.05, 4.69) is 10.3 Å². The van der Waals surface area contributed by atoms with E-state index in [0.29, 0.717) is 12.1 Å². The molecule has 1 amide bonds. The first-order valence-corrected chi connectivity index (χ1v) is 9.72. The topological polar surface area (TPSA) is 71.2 Å². The van der Waals surface area contributed by atoms with Crippen LogP contribution in [0.2, 0.25) is 15.1 Å². The van der Waals surface area contributed by atoms with Crippen molar-refractivity contribution in [1.82, 2.24) is 4.98 Å². The van der Waals surface area contributed by atoms with Gasteiger partial charge in [0.25, 0.3) is 5.91 Å². The lowest BCUT2D eigenvalue weighted by molar-refractivity contribution is -0.147. The van der Waals surface area contributed by atoms with Crippen LogP contribution in [0, 0.1) is 0 Å². The summed E-state index contributed by atoms with van der Waals surface area (Å²) in [6.45, 7) is -0.400. The standard InChI is InChI=1S/C20H17Cl3N2O3/c21-14-8-16(23)18(9-15(14)22)25-19(26)11-28-20(27)7-3-4-12-10-24-17-6-2-1-5-13(12)17/h1-2,5-6,8-10,24H,3-4,7,11H2,(H,25,26). The van der Waals surface area contributed by atoms with Crippen molar-refractivity contribution >= 4 is 63.3 Å². The number of benzene rings is 2. The van der Waals surface area contributed by atoms with E-state index in [4.69, 9.17) is 39.5 Å². The number of nitrogens with one attached hydrogen (secondary N) is 2. The van der Waals surface area contributed by atoms with Gasteiger partial charge in [0.05, 0.1) is 20.8 Å².